The third kappa shape index (κ3) is 6.07. The summed E-state index contributed by atoms with van der Waals surface area (Å²) < 4.78 is 10.8. The predicted molar refractivity (Wildman–Crippen MR) is 79.9 cm³/mol. The van der Waals surface area contributed by atoms with Gasteiger partial charge in [-0.1, -0.05) is 11.8 Å². The fourth-order valence-electron chi connectivity index (χ4n) is 1.67. The van der Waals surface area contributed by atoms with Crippen LogP contribution in [-0.2, 0) is 4.74 Å². The highest BCUT2D eigenvalue weighted by atomic mass is 16.5. The van der Waals surface area contributed by atoms with E-state index in [2.05, 4.69) is 30.7 Å². The highest BCUT2D eigenvalue weighted by Gasteiger charge is 2.08. The van der Waals surface area contributed by atoms with Crippen LogP contribution in [0.4, 0.5) is 0 Å². The van der Waals surface area contributed by atoms with Crippen molar-refractivity contribution in [1.82, 2.24) is 4.90 Å². The molecule has 1 aromatic rings. The number of hydrogen-bond acceptors (Lipinski definition) is 4. The van der Waals surface area contributed by atoms with Crippen molar-refractivity contribution in [2.45, 2.75) is 13.0 Å². The monoisotopic (exact) mass is 277 g/mol. The zero-order valence-electron chi connectivity index (χ0n) is 12.4. The number of benzene rings is 1. The van der Waals surface area contributed by atoms with Gasteiger partial charge in [0.05, 0.1) is 6.61 Å². The molecule has 1 atom stereocenters. The maximum absolute atomic E-state index is 8.62. The molecule has 0 bridgehead atoms. The molecule has 0 saturated carbocycles. The van der Waals surface area contributed by atoms with Gasteiger partial charge < -0.3 is 14.6 Å². The Morgan fingerprint density at radius 3 is 2.60 bits per heavy atom. The first kappa shape index (κ1) is 16.5. The lowest BCUT2D eigenvalue weighted by molar-refractivity contribution is 0.105. The van der Waals surface area contributed by atoms with Crippen molar-refractivity contribution in [3.05, 3.63) is 29.8 Å². The van der Waals surface area contributed by atoms with Crippen LogP contribution in [0.25, 0.3) is 0 Å². The SMILES string of the molecule is COCC(C)N(C)CCOc1ccc(C#CCO)cc1. The molecule has 0 fully saturated rings. The van der Waals surface area contributed by atoms with Crippen LogP contribution in [0, 0.1) is 11.8 Å². The molecule has 0 amide bonds. The van der Waals surface area contributed by atoms with Gasteiger partial charge in [0.15, 0.2) is 0 Å². The van der Waals surface area contributed by atoms with E-state index in [-0.39, 0.29) is 6.61 Å². The summed E-state index contributed by atoms with van der Waals surface area (Å²) in [5, 5.41) is 8.62. The van der Waals surface area contributed by atoms with E-state index in [1.807, 2.05) is 24.3 Å². The average Bonchev–Trinajstić information content (AvgIpc) is 2.46. The molecular formula is C16H23NO3. The molecule has 1 unspecified atom stereocenters. The van der Waals surface area contributed by atoms with Gasteiger partial charge in [0.25, 0.3) is 0 Å². The lowest BCUT2D eigenvalue weighted by atomic mass is 10.2. The molecule has 0 aromatic heterocycles. The molecule has 0 spiro atoms. The summed E-state index contributed by atoms with van der Waals surface area (Å²) in [5.41, 5.74) is 0.872. The minimum Gasteiger partial charge on any atom is -0.492 e. The number of rotatable bonds is 7. The van der Waals surface area contributed by atoms with E-state index in [1.54, 1.807) is 7.11 Å². The van der Waals surface area contributed by atoms with Crippen molar-refractivity contribution < 1.29 is 14.6 Å². The lowest BCUT2D eigenvalue weighted by Gasteiger charge is -2.23. The normalized spacial score (nSPS) is 11.8. The van der Waals surface area contributed by atoms with Crippen molar-refractivity contribution in [2.75, 3.05) is 40.5 Å². The third-order valence-corrected chi connectivity index (χ3v) is 3.04. The number of hydrogen-bond donors (Lipinski definition) is 1. The van der Waals surface area contributed by atoms with E-state index in [0.717, 1.165) is 17.9 Å². The molecule has 0 saturated heterocycles. The zero-order valence-corrected chi connectivity index (χ0v) is 12.4. The highest BCUT2D eigenvalue weighted by molar-refractivity contribution is 5.38. The molecule has 0 aliphatic rings. The number of likely N-dealkylation sites (N-methyl/N-ethyl adjacent to an activating group) is 1. The second-order valence-corrected chi connectivity index (χ2v) is 4.62. The minimum absolute atomic E-state index is 0.121. The van der Waals surface area contributed by atoms with Gasteiger partial charge in [-0.15, -0.1) is 0 Å². The molecule has 0 aliphatic carbocycles. The summed E-state index contributed by atoms with van der Waals surface area (Å²) in [7, 11) is 3.77. The number of ether oxygens (including phenoxy) is 2. The molecule has 20 heavy (non-hydrogen) atoms. The Kier molecular flexibility index (Phi) is 7.74. The van der Waals surface area contributed by atoms with Crippen LogP contribution in [0.2, 0.25) is 0 Å². The van der Waals surface area contributed by atoms with Crippen LogP contribution in [-0.4, -0.2) is 56.6 Å². The Morgan fingerprint density at radius 2 is 2.00 bits per heavy atom. The van der Waals surface area contributed by atoms with Gasteiger partial charge in [-0.05, 0) is 38.2 Å². The second kappa shape index (κ2) is 9.38. The predicted octanol–water partition coefficient (Wildman–Crippen LogP) is 1.38. The standard InChI is InChI=1S/C16H23NO3/c1-14(13-19-3)17(2)10-12-20-16-8-6-15(7-9-16)5-4-11-18/h6-9,14,18H,10-13H2,1-3H3. The van der Waals surface area contributed by atoms with Gasteiger partial charge in [0.1, 0.15) is 19.0 Å². The molecular weight excluding hydrogens is 254 g/mol. The fraction of sp³-hybridized carbons (Fsp3) is 0.500. The van der Waals surface area contributed by atoms with Crippen molar-refractivity contribution in [3.8, 4) is 17.6 Å². The first-order valence-corrected chi connectivity index (χ1v) is 6.69. The van der Waals surface area contributed by atoms with Crippen LogP contribution in [0.3, 0.4) is 0 Å². The van der Waals surface area contributed by atoms with Gasteiger partial charge in [-0.3, -0.25) is 4.90 Å². The average molecular weight is 277 g/mol. The van der Waals surface area contributed by atoms with Gasteiger partial charge >= 0.3 is 0 Å². The van der Waals surface area contributed by atoms with Crippen LogP contribution in [0.15, 0.2) is 24.3 Å². The topological polar surface area (TPSA) is 41.9 Å². The van der Waals surface area contributed by atoms with Crippen LogP contribution < -0.4 is 4.74 Å². The molecule has 110 valence electrons. The minimum atomic E-state index is -0.121. The molecule has 4 heteroatoms. The van der Waals surface area contributed by atoms with E-state index in [4.69, 9.17) is 14.6 Å². The summed E-state index contributed by atoms with van der Waals surface area (Å²) in [6.45, 7) is 4.19. The van der Waals surface area contributed by atoms with Crippen molar-refractivity contribution in [2.24, 2.45) is 0 Å². The Hall–Kier alpha value is -1.54. The van der Waals surface area contributed by atoms with Crippen molar-refractivity contribution in [1.29, 1.82) is 0 Å². The van der Waals surface area contributed by atoms with E-state index < -0.39 is 0 Å². The summed E-state index contributed by atoms with van der Waals surface area (Å²) in [4.78, 5) is 2.20. The Labute approximate surface area is 121 Å². The summed E-state index contributed by atoms with van der Waals surface area (Å²) in [6.07, 6.45) is 0. The van der Waals surface area contributed by atoms with Crippen molar-refractivity contribution >= 4 is 0 Å². The maximum atomic E-state index is 8.62. The number of nitrogens with zero attached hydrogens (tertiary/aromatic N) is 1. The van der Waals surface area contributed by atoms with E-state index in [1.165, 1.54) is 0 Å². The lowest BCUT2D eigenvalue weighted by Crippen LogP contribution is -2.35. The molecule has 4 nitrogen and oxygen atoms in total. The Morgan fingerprint density at radius 1 is 1.30 bits per heavy atom. The van der Waals surface area contributed by atoms with Crippen molar-refractivity contribution in [3.63, 3.8) is 0 Å². The first-order valence-electron chi connectivity index (χ1n) is 6.69. The number of aliphatic hydroxyl groups is 1. The van der Waals surface area contributed by atoms with Crippen LogP contribution in [0.1, 0.15) is 12.5 Å². The maximum Gasteiger partial charge on any atom is 0.119 e. The molecule has 0 radical (unpaired) electrons. The second-order valence-electron chi connectivity index (χ2n) is 4.62. The largest absolute Gasteiger partial charge is 0.492 e. The van der Waals surface area contributed by atoms with E-state index in [9.17, 15) is 0 Å². The van der Waals surface area contributed by atoms with Gasteiger partial charge in [-0.25, -0.2) is 0 Å². The molecule has 1 aromatic carbocycles. The van der Waals surface area contributed by atoms with Crippen LogP contribution in [0.5, 0.6) is 5.75 Å². The fourth-order valence-corrected chi connectivity index (χ4v) is 1.67. The third-order valence-electron chi connectivity index (χ3n) is 3.04. The molecule has 0 aliphatic heterocycles. The van der Waals surface area contributed by atoms with Gasteiger partial charge in [-0.2, -0.15) is 0 Å². The number of methoxy groups -OCH3 is 1. The summed E-state index contributed by atoms with van der Waals surface area (Å²) in [5.74, 6) is 6.29. The van der Waals surface area contributed by atoms with Crippen LogP contribution >= 0.6 is 0 Å². The van der Waals surface area contributed by atoms with E-state index >= 15 is 0 Å². The molecule has 1 N–H and O–H groups in total. The summed E-state index contributed by atoms with van der Waals surface area (Å²) in [6, 6.07) is 7.92. The highest BCUT2D eigenvalue weighted by Crippen LogP contribution is 2.11. The Bertz CT molecular complexity index is 433. The molecule has 1 rings (SSSR count). The van der Waals surface area contributed by atoms with E-state index in [0.29, 0.717) is 19.3 Å². The molecule has 0 heterocycles. The number of aliphatic hydroxyl groups excluding tert-OH is 1. The van der Waals surface area contributed by atoms with Gasteiger partial charge in [0.2, 0.25) is 0 Å². The smallest absolute Gasteiger partial charge is 0.119 e. The van der Waals surface area contributed by atoms with Gasteiger partial charge in [0, 0.05) is 25.3 Å². The Balaban J connectivity index is 2.35. The first-order chi connectivity index (χ1) is 9.67. The quantitative estimate of drug-likeness (QED) is 0.765. The zero-order chi connectivity index (χ0) is 14.8. The summed E-state index contributed by atoms with van der Waals surface area (Å²) >= 11 is 0.